The topological polar surface area (TPSA) is 18.5 Å². The molecule has 0 aromatic rings. The van der Waals surface area contributed by atoms with E-state index in [1.807, 2.05) is 0 Å². The molecule has 0 aromatic heterocycles. The molecule has 1 heterocycles. The number of ether oxygens (including phenoxy) is 2. The Morgan fingerprint density at radius 2 is 2.00 bits per heavy atom. The zero-order valence-electron chi connectivity index (χ0n) is 9.32. The summed E-state index contributed by atoms with van der Waals surface area (Å²) >= 11 is 0. The van der Waals surface area contributed by atoms with Crippen molar-refractivity contribution in [2.75, 3.05) is 0 Å². The van der Waals surface area contributed by atoms with Crippen LogP contribution in [0.3, 0.4) is 0 Å². The van der Waals surface area contributed by atoms with E-state index < -0.39 is 0 Å². The predicted octanol–water partition coefficient (Wildman–Crippen LogP) is 3.60. The van der Waals surface area contributed by atoms with E-state index in [1.165, 1.54) is 12.0 Å². The van der Waals surface area contributed by atoms with Gasteiger partial charge in [-0.2, -0.15) is 0 Å². The standard InChI is InChI=1S/C12H20O2/c1-10(2)5-4-6-11(3)9-12-13-7-8-14-12/h5,7-8,11-12H,4,6,9H2,1-3H3/t11-/m1/s1. The summed E-state index contributed by atoms with van der Waals surface area (Å²) in [5, 5.41) is 0. The molecule has 2 heteroatoms. The van der Waals surface area contributed by atoms with Gasteiger partial charge < -0.3 is 9.47 Å². The maximum absolute atomic E-state index is 5.23. The summed E-state index contributed by atoms with van der Waals surface area (Å²) in [6, 6.07) is 0. The van der Waals surface area contributed by atoms with E-state index in [0.717, 1.165) is 12.8 Å². The van der Waals surface area contributed by atoms with Crippen molar-refractivity contribution in [3.63, 3.8) is 0 Å². The Balaban J connectivity index is 2.09. The third-order valence-corrected chi connectivity index (χ3v) is 2.32. The van der Waals surface area contributed by atoms with Gasteiger partial charge in [-0.25, -0.2) is 0 Å². The summed E-state index contributed by atoms with van der Waals surface area (Å²) in [4.78, 5) is 0. The van der Waals surface area contributed by atoms with Crippen LogP contribution in [0.2, 0.25) is 0 Å². The second kappa shape index (κ2) is 5.74. The van der Waals surface area contributed by atoms with E-state index in [2.05, 4.69) is 26.8 Å². The van der Waals surface area contributed by atoms with Gasteiger partial charge in [0.1, 0.15) is 12.5 Å². The van der Waals surface area contributed by atoms with Crippen LogP contribution in [0.4, 0.5) is 0 Å². The third-order valence-electron chi connectivity index (χ3n) is 2.32. The lowest BCUT2D eigenvalue weighted by atomic mass is 10.0. The van der Waals surface area contributed by atoms with Crippen molar-refractivity contribution in [2.24, 2.45) is 5.92 Å². The first kappa shape index (κ1) is 11.2. The first-order valence-electron chi connectivity index (χ1n) is 5.28. The van der Waals surface area contributed by atoms with E-state index >= 15 is 0 Å². The molecule has 1 rings (SSSR count). The smallest absolute Gasteiger partial charge is 0.239 e. The van der Waals surface area contributed by atoms with Gasteiger partial charge in [-0.3, -0.25) is 0 Å². The Morgan fingerprint density at radius 3 is 2.57 bits per heavy atom. The second-order valence-corrected chi connectivity index (χ2v) is 4.17. The van der Waals surface area contributed by atoms with Crippen LogP contribution in [0.1, 0.15) is 40.0 Å². The highest BCUT2D eigenvalue weighted by atomic mass is 16.7. The normalized spacial score (nSPS) is 17.4. The molecule has 0 N–H and O–H groups in total. The molecule has 0 amide bonds. The molecule has 2 nitrogen and oxygen atoms in total. The molecular formula is C12H20O2. The van der Waals surface area contributed by atoms with Gasteiger partial charge in [0.25, 0.3) is 0 Å². The molecule has 1 aliphatic rings. The molecule has 0 bridgehead atoms. The van der Waals surface area contributed by atoms with Crippen molar-refractivity contribution in [3.05, 3.63) is 24.2 Å². The maximum atomic E-state index is 5.23. The number of hydrogen-bond donors (Lipinski definition) is 0. The summed E-state index contributed by atoms with van der Waals surface area (Å²) in [7, 11) is 0. The Labute approximate surface area is 86.6 Å². The van der Waals surface area contributed by atoms with Crippen molar-refractivity contribution < 1.29 is 9.47 Å². The minimum Gasteiger partial charge on any atom is -0.459 e. The summed E-state index contributed by atoms with van der Waals surface area (Å²) in [6.45, 7) is 6.51. The van der Waals surface area contributed by atoms with Gasteiger partial charge in [0.15, 0.2) is 0 Å². The molecule has 0 saturated carbocycles. The Hall–Kier alpha value is -0.920. The summed E-state index contributed by atoms with van der Waals surface area (Å²) in [5.41, 5.74) is 1.40. The third kappa shape index (κ3) is 4.35. The van der Waals surface area contributed by atoms with Crippen molar-refractivity contribution >= 4 is 0 Å². The summed E-state index contributed by atoms with van der Waals surface area (Å²) < 4.78 is 10.5. The monoisotopic (exact) mass is 196 g/mol. The quantitative estimate of drug-likeness (QED) is 0.625. The Bertz CT molecular complexity index is 206. The van der Waals surface area contributed by atoms with Crippen LogP contribution in [0.5, 0.6) is 0 Å². The lowest BCUT2D eigenvalue weighted by Gasteiger charge is -2.15. The molecule has 0 saturated heterocycles. The molecule has 0 fully saturated rings. The first-order chi connectivity index (χ1) is 6.68. The lowest BCUT2D eigenvalue weighted by molar-refractivity contribution is -0.0381. The highest BCUT2D eigenvalue weighted by molar-refractivity contribution is 4.92. The van der Waals surface area contributed by atoms with Crippen LogP contribution in [0.25, 0.3) is 0 Å². The van der Waals surface area contributed by atoms with E-state index in [-0.39, 0.29) is 6.29 Å². The fraction of sp³-hybridized carbons (Fsp3) is 0.667. The molecule has 0 radical (unpaired) electrons. The molecule has 14 heavy (non-hydrogen) atoms. The van der Waals surface area contributed by atoms with Crippen LogP contribution in [-0.2, 0) is 9.47 Å². The zero-order valence-corrected chi connectivity index (χ0v) is 9.32. The Kier molecular flexibility index (Phi) is 4.57. The van der Waals surface area contributed by atoms with Crippen molar-refractivity contribution in [1.29, 1.82) is 0 Å². The molecule has 1 atom stereocenters. The van der Waals surface area contributed by atoms with Crippen LogP contribution in [-0.4, -0.2) is 6.29 Å². The van der Waals surface area contributed by atoms with E-state index in [1.54, 1.807) is 12.5 Å². The van der Waals surface area contributed by atoms with Gasteiger partial charge >= 0.3 is 0 Å². The van der Waals surface area contributed by atoms with Crippen LogP contribution < -0.4 is 0 Å². The average molecular weight is 196 g/mol. The summed E-state index contributed by atoms with van der Waals surface area (Å²) in [5.74, 6) is 0.649. The minimum absolute atomic E-state index is 0.0447. The van der Waals surface area contributed by atoms with Gasteiger partial charge in [0, 0.05) is 6.42 Å². The van der Waals surface area contributed by atoms with Gasteiger partial charge in [-0.05, 0) is 32.6 Å². The van der Waals surface area contributed by atoms with Crippen LogP contribution in [0, 0.1) is 5.92 Å². The lowest BCUT2D eigenvalue weighted by Crippen LogP contribution is -2.12. The van der Waals surface area contributed by atoms with Crippen LogP contribution >= 0.6 is 0 Å². The highest BCUT2D eigenvalue weighted by Crippen LogP contribution is 2.19. The summed E-state index contributed by atoms with van der Waals surface area (Å²) in [6.07, 6.45) is 8.81. The van der Waals surface area contributed by atoms with Gasteiger partial charge in [0.2, 0.25) is 6.29 Å². The van der Waals surface area contributed by atoms with Crippen molar-refractivity contribution in [1.82, 2.24) is 0 Å². The molecule has 1 aliphatic heterocycles. The first-order valence-corrected chi connectivity index (χ1v) is 5.28. The van der Waals surface area contributed by atoms with E-state index in [0.29, 0.717) is 5.92 Å². The van der Waals surface area contributed by atoms with Gasteiger partial charge in [-0.15, -0.1) is 0 Å². The molecular weight excluding hydrogens is 176 g/mol. The molecule has 0 aromatic carbocycles. The molecule has 0 aliphatic carbocycles. The number of rotatable bonds is 5. The molecule has 0 unspecified atom stereocenters. The van der Waals surface area contributed by atoms with Gasteiger partial charge in [0.05, 0.1) is 0 Å². The molecule has 0 spiro atoms. The Morgan fingerprint density at radius 1 is 1.36 bits per heavy atom. The van der Waals surface area contributed by atoms with E-state index in [9.17, 15) is 0 Å². The van der Waals surface area contributed by atoms with Crippen LogP contribution in [0.15, 0.2) is 24.2 Å². The fourth-order valence-corrected chi connectivity index (χ4v) is 1.49. The van der Waals surface area contributed by atoms with Crippen molar-refractivity contribution in [3.8, 4) is 0 Å². The largest absolute Gasteiger partial charge is 0.459 e. The predicted molar refractivity (Wildman–Crippen MR) is 57.5 cm³/mol. The number of hydrogen-bond acceptors (Lipinski definition) is 2. The van der Waals surface area contributed by atoms with E-state index in [4.69, 9.17) is 9.47 Å². The maximum Gasteiger partial charge on any atom is 0.239 e. The highest BCUT2D eigenvalue weighted by Gasteiger charge is 2.15. The zero-order chi connectivity index (χ0) is 10.4. The SMILES string of the molecule is CC(C)=CCC[C@@H](C)CC1OC=CO1. The van der Waals surface area contributed by atoms with Crippen molar-refractivity contribution in [2.45, 2.75) is 46.3 Å². The minimum atomic E-state index is -0.0447. The second-order valence-electron chi connectivity index (χ2n) is 4.17. The van der Waals surface area contributed by atoms with Gasteiger partial charge in [-0.1, -0.05) is 18.6 Å². The molecule has 80 valence electrons. The number of allylic oxidation sites excluding steroid dienone is 2. The average Bonchev–Trinajstić information content (AvgIpc) is 2.56. The fourth-order valence-electron chi connectivity index (χ4n) is 1.49.